The quantitative estimate of drug-likeness (QED) is 0.225. The predicted octanol–water partition coefficient (Wildman–Crippen LogP) is -0.0557. The van der Waals surface area contributed by atoms with Crippen molar-refractivity contribution in [2.45, 2.75) is 11.5 Å². The maximum absolute atomic E-state index is 5.57. The number of hydrogen-bond donors (Lipinski definition) is 5. The molecule has 0 spiro atoms. The smallest absolute Gasteiger partial charge is 0.188 e. The lowest BCUT2D eigenvalue weighted by molar-refractivity contribution is 0.957. The van der Waals surface area contributed by atoms with Crippen molar-refractivity contribution in [3.8, 4) is 0 Å². The third kappa shape index (κ3) is 8.60. The number of aliphatic imine (C=N–C) groups is 2. The zero-order chi connectivity index (χ0) is 16.9. The summed E-state index contributed by atoms with van der Waals surface area (Å²) in [5.41, 5.74) is 13.4. The molecule has 0 unspecified atom stereocenters. The molecule has 0 aliphatic heterocycles. The van der Waals surface area contributed by atoms with Gasteiger partial charge in [-0.2, -0.15) is 23.5 Å². The van der Waals surface area contributed by atoms with Gasteiger partial charge in [0.15, 0.2) is 11.9 Å². The summed E-state index contributed by atoms with van der Waals surface area (Å²) < 4.78 is 0. The average molecular weight is 359 g/mol. The summed E-state index contributed by atoms with van der Waals surface area (Å²) in [6, 6.07) is 0. The largest absolute Gasteiger partial charge is 0.370 e. The molecule has 1 aromatic rings. The van der Waals surface area contributed by atoms with Crippen molar-refractivity contribution < 1.29 is 0 Å². The summed E-state index contributed by atoms with van der Waals surface area (Å²) in [7, 11) is 3.34. The highest BCUT2D eigenvalue weighted by molar-refractivity contribution is 7.98. The first-order chi connectivity index (χ1) is 11.2. The number of nitrogens with zero attached hydrogens (tertiary/aromatic N) is 3. The molecule has 0 amide bonds. The van der Waals surface area contributed by atoms with Crippen molar-refractivity contribution in [3.05, 3.63) is 17.7 Å². The first-order valence-electron chi connectivity index (χ1n) is 7.26. The third-order valence-electron chi connectivity index (χ3n) is 2.88. The highest BCUT2D eigenvalue weighted by atomic mass is 32.2. The van der Waals surface area contributed by atoms with Crippen LogP contribution >= 0.6 is 23.5 Å². The molecular weight excluding hydrogens is 332 g/mol. The number of nitrogens with two attached hydrogens (primary N) is 2. The van der Waals surface area contributed by atoms with Crippen LogP contribution in [0.15, 0.2) is 16.3 Å². The van der Waals surface area contributed by atoms with Gasteiger partial charge in [0.05, 0.1) is 12.0 Å². The monoisotopic (exact) mass is 358 g/mol. The Kier molecular flexibility index (Phi) is 10.1. The zero-order valence-corrected chi connectivity index (χ0v) is 15.3. The topological polar surface area (TPSA) is 130 Å². The number of guanidine groups is 2. The average Bonchev–Trinajstić information content (AvgIpc) is 3.01. The third-order valence-corrected chi connectivity index (χ3v) is 4.84. The summed E-state index contributed by atoms with van der Waals surface area (Å²) in [5.74, 6) is 4.67. The first kappa shape index (κ1) is 19.5. The maximum Gasteiger partial charge on any atom is 0.188 e. The molecule has 0 saturated heterocycles. The Hall–Kier alpha value is -1.55. The van der Waals surface area contributed by atoms with E-state index < -0.39 is 0 Å². The molecule has 0 aromatic carbocycles. The van der Waals surface area contributed by atoms with Crippen LogP contribution in [0.4, 0.5) is 0 Å². The summed E-state index contributed by atoms with van der Waals surface area (Å²) in [6.07, 6.45) is 1.76. The predicted molar refractivity (Wildman–Crippen MR) is 102 cm³/mol. The standard InChI is InChI=1S/C13H26N8S2/c1-16-12(14)18-3-5-22-7-10-11(21-9-20-10)8-23-6-4-19-13(15)17-2/h9H,3-8H2,1-2H3,(H,20,21)(H3,14,16,18)(H3,15,17,19). The highest BCUT2D eigenvalue weighted by Crippen LogP contribution is 2.17. The molecule has 7 N–H and O–H groups in total. The minimum Gasteiger partial charge on any atom is -0.370 e. The molecule has 8 nitrogen and oxygen atoms in total. The minimum atomic E-state index is 0.477. The van der Waals surface area contributed by atoms with Crippen molar-refractivity contribution in [1.29, 1.82) is 0 Å². The van der Waals surface area contributed by atoms with Crippen LogP contribution < -0.4 is 22.1 Å². The molecule has 0 bridgehead atoms. The van der Waals surface area contributed by atoms with Crippen molar-refractivity contribution in [1.82, 2.24) is 20.6 Å². The SMILES string of the molecule is CN=C(N)NCCSCc1nc[nH]c1CSCCNC(N)=NC. The van der Waals surface area contributed by atoms with Crippen LogP contribution in [-0.2, 0) is 11.5 Å². The van der Waals surface area contributed by atoms with Crippen molar-refractivity contribution >= 4 is 35.4 Å². The lowest BCUT2D eigenvalue weighted by Crippen LogP contribution is -2.33. The van der Waals surface area contributed by atoms with Gasteiger partial charge in [0.2, 0.25) is 0 Å². The summed E-state index contributed by atoms with van der Waals surface area (Å²) >= 11 is 3.65. The van der Waals surface area contributed by atoms with Gasteiger partial charge in [0, 0.05) is 55.9 Å². The highest BCUT2D eigenvalue weighted by Gasteiger charge is 2.06. The molecule has 0 aliphatic carbocycles. The van der Waals surface area contributed by atoms with Crippen molar-refractivity contribution in [2.75, 3.05) is 38.7 Å². The van der Waals surface area contributed by atoms with Crippen molar-refractivity contribution in [3.63, 3.8) is 0 Å². The van der Waals surface area contributed by atoms with E-state index in [2.05, 4.69) is 30.6 Å². The van der Waals surface area contributed by atoms with E-state index in [4.69, 9.17) is 11.5 Å². The fraction of sp³-hybridized carbons (Fsp3) is 0.615. The molecule has 1 heterocycles. The number of aromatic amines is 1. The Morgan fingerprint density at radius 3 is 2.22 bits per heavy atom. The number of thioether (sulfide) groups is 2. The van der Waals surface area contributed by atoms with E-state index in [1.165, 1.54) is 5.69 Å². The fourth-order valence-electron chi connectivity index (χ4n) is 1.60. The molecule has 1 aromatic heterocycles. The van der Waals surface area contributed by atoms with Gasteiger partial charge in [-0.25, -0.2) is 4.98 Å². The van der Waals surface area contributed by atoms with E-state index in [1.54, 1.807) is 20.4 Å². The van der Waals surface area contributed by atoms with Crippen LogP contribution in [0.5, 0.6) is 0 Å². The molecule has 130 valence electrons. The minimum absolute atomic E-state index is 0.477. The van der Waals surface area contributed by atoms with Crippen LogP contribution in [-0.4, -0.2) is 60.6 Å². The van der Waals surface area contributed by atoms with Gasteiger partial charge in [-0.15, -0.1) is 0 Å². The van der Waals surface area contributed by atoms with Crippen LogP contribution in [0.3, 0.4) is 0 Å². The van der Waals surface area contributed by atoms with Gasteiger partial charge in [-0.3, -0.25) is 9.98 Å². The van der Waals surface area contributed by atoms with Gasteiger partial charge >= 0.3 is 0 Å². The van der Waals surface area contributed by atoms with E-state index in [1.807, 2.05) is 23.5 Å². The second-order valence-corrected chi connectivity index (χ2v) is 6.71. The molecule has 23 heavy (non-hydrogen) atoms. The zero-order valence-electron chi connectivity index (χ0n) is 13.6. The Labute approximate surface area is 145 Å². The van der Waals surface area contributed by atoms with Gasteiger partial charge < -0.3 is 27.1 Å². The molecule has 0 atom stereocenters. The summed E-state index contributed by atoms with van der Waals surface area (Å²) in [5, 5.41) is 6.08. The number of nitrogens with one attached hydrogen (secondary N) is 3. The number of hydrogen-bond acceptors (Lipinski definition) is 5. The van der Waals surface area contributed by atoms with E-state index in [0.717, 1.165) is 41.8 Å². The maximum atomic E-state index is 5.57. The molecule has 1 rings (SSSR count). The molecule has 0 radical (unpaired) electrons. The molecule has 0 saturated carbocycles. The van der Waals surface area contributed by atoms with Crippen LogP contribution in [0.1, 0.15) is 11.4 Å². The first-order valence-corrected chi connectivity index (χ1v) is 9.57. The van der Waals surface area contributed by atoms with Gasteiger partial charge in [0.1, 0.15) is 0 Å². The number of rotatable bonds is 10. The van der Waals surface area contributed by atoms with Crippen LogP contribution in [0, 0.1) is 0 Å². The summed E-state index contributed by atoms with van der Waals surface area (Å²) in [6.45, 7) is 1.60. The fourth-order valence-corrected chi connectivity index (χ4v) is 3.28. The van der Waals surface area contributed by atoms with E-state index >= 15 is 0 Å². The van der Waals surface area contributed by atoms with Crippen LogP contribution in [0.25, 0.3) is 0 Å². The molecule has 10 heteroatoms. The van der Waals surface area contributed by atoms with E-state index in [-0.39, 0.29) is 0 Å². The Balaban J connectivity index is 2.17. The van der Waals surface area contributed by atoms with Gasteiger partial charge in [-0.05, 0) is 0 Å². The molecular formula is C13H26N8S2. The second-order valence-electron chi connectivity index (χ2n) is 4.50. The normalized spacial score (nSPS) is 12.4. The van der Waals surface area contributed by atoms with Crippen molar-refractivity contribution in [2.24, 2.45) is 21.5 Å². The van der Waals surface area contributed by atoms with Gasteiger partial charge in [-0.1, -0.05) is 0 Å². The lowest BCUT2D eigenvalue weighted by atomic mass is 10.4. The van der Waals surface area contributed by atoms with E-state index in [0.29, 0.717) is 11.9 Å². The number of imidazole rings is 1. The number of aromatic nitrogens is 2. The Morgan fingerprint density at radius 2 is 1.65 bits per heavy atom. The Bertz CT molecular complexity index is 457. The number of H-pyrrole nitrogens is 1. The van der Waals surface area contributed by atoms with Crippen LogP contribution in [0.2, 0.25) is 0 Å². The second kappa shape index (κ2) is 11.9. The summed E-state index contributed by atoms with van der Waals surface area (Å²) in [4.78, 5) is 15.3. The molecule has 0 fully saturated rings. The Morgan fingerprint density at radius 1 is 1.09 bits per heavy atom. The lowest BCUT2D eigenvalue weighted by Gasteiger charge is -2.06. The molecule has 0 aliphatic rings. The van der Waals surface area contributed by atoms with E-state index in [9.17, 15) is 0 Å². The van der Waals surface area contributed by atoms with Gasteiger partial charge in [0.25, 0.3) is 0 Å².